The minimum Gasteiger partial charge on any atom is -0.495 e. The quantitative estimate of drug-likeness (QED) is 0.854. The van der Waals surface area contributed by atoms with Crippen molar-refractivity contribution in [2.75, 3.05) is 31.0 Å². The lowest BCUT2D eigenvalue weighted by atomic mass is 10.2. The van der Waals surface area contributed by atoms with Crippen LogP contribution in [0, 0.1) is 0 Å². The molecule has 3 rings (SSSR count). The summed E-state index contributed by atoms with van der Waals surface area (Å²) in [5, 5.41) is 5.82. The maximum Gasteiger partial charge on any atom is 0.262 e. The standard InChI is InChI=1S/C17H15ClN2O5/c1-23-14-4-2-10(18)6-12(14)19-16(21)8-24-11-3-5-15-13(7-11)20-17(22)9-25-15/h2-7H,8-9H2,1H3,(H,19,21)(H,20,22). The summed E-state index contributed by atoms with van der Waals surface area (Å²) in [4.78, 5) is 23.4. The summed E-state index contributed by atoms with van der Waals surface area (Å²) in [6.07, 6.45) is 0. The molecule has 0 bridgehead atoms. The van der Waals surface area contributed by atoms with Gasteiger partial charge in [0.05, 0.1) is 18.5 Å². The number of carbonyl (C=O) groups excluding carboxylic acids is 2. The molecule has 2 amide bonds. The molecule has 2 aromatic carbocycles. The summed E-state index contributed by atoms with van der Waals surface area (Å²) in [5.41, 5.74) is 0.959. The van der Waals surface area contributed by atoms with Crippen molar-refractivity contribution in [3.8, 4) is 17.2 Å². The first kappa shape index (κ1) is 16.9. The second kappa shape index (κ2) is 7.31. The van der Waals surface area contributed by atoms with Gasteiger partial charge in [-0.15, -0.1) is 0 Å². The van der Waals surface area contributed by atoms with Crippen molar-refractivity contribution in [2.24, 2.45) is 0 Å². The Bertz CT molecular complexity index is 825. The van der Waals surface area contributed by atoms with E-state index in [1.54, 1.807) is 36.4 Å². The van der Waals surface area contributed by atoms with Crippen molar-refractivity contribution in [3.05, 3.63) is 41.4 Å². The highest BCUT2D eigenvalue weighted by Crippen LogP contribution is 2.31. The number of hydrogen-bond donors (Lipinski definition) is 2. The van der Waals surface area contributed by atoms with Crippen LogP contribution in [-0.2, 0) is 9.59 Å². The Morgan fingerprint density at radius 3 is 2.96 bits per heavy atom. The fourth-order valence-electron chi connectivity index (χ4n) is 2.27. The molecule has 0 unspecified atom stereocenters. The Morgan fingerprint density at radius 1 is 1.32 bits per heavy atom. The predicted octanol–water partition coefficient (Wildman–Crippen LogP) is 2.70. The number of rotatable bonds is 5. The zero-order valence-electron chi connectivity index (χ0n) is 13.3. The summed E-state index contributed by atoms with van der Waals surface area (Å²) in [6, 6.07) is 9.83. The highest BCUT2D eigenvalue weighted by molar-refractivity contribution is 6.31. The van der Waals surface area contributed by atoms with Crippen molar-refractivity contribution >= 4 is 34.8 Å². The number of carbonyl (C=O) groups is 2. The average Bonchev–Trinajstić information content (AvgIpc) is 2.60. The summed E-state index contributed by atoms with van der Waals surface area (Å²) in [6.45, 7) is -0.236. The Kier molecular flexibility index (Phi) is 4.95. The number of nitrogens with one attached hydrogen (secondary N) is 2. The number of methoxy groups -OCH3 is 1. The van der Waals surface area contributed by atoms with Gasteiger partial charge < -0.3 is 24.8 Å². The lowest BCUT2D eigenvalue weighted by molar-refractivity contribution is -0.119. The third-order valence-corrected chi connectivity index (χ3v) is 3.62. The molecule has 0 aliphatic carbocycles. The third kappa shape index (κ3) is 4.13. The van der Waals surface area contributed by atoms with E-state index in [4.69, 9.17) is 25.8 Å². The SMILES string of the molecule is COc1ccc(Cl)cc1NC(=O)COc1ccc2c(c1)NC(=O)CO2. The molecule has 130 valence electrons. The molecule has 1 heterocycles. The highest BCUT2D eigenvalue weighted by Gasteiger charge is 2.16. The molecule has 0 spiro atoms. The minimum absolute atomic E-state index is 0.0168. The number of ether oxygens (including phenoxy) is 3. The number of hydrogen-bond acceptors (Lipinski definition) is 5. The van der Waals surface area contributed by atoms with Crippen molar-refractivity contribution < 1.29 is 23.8 Å². The van der Waals surface area contributed by atoms with E-state index in [0.29, 0.717) is 33.6 Å². The molecule has 7 nitrogen and oxygen atoms in total. The number of fused-ring (bicyclic) bond motifs is 1. The van der Waals surface area contributed by atoms with E-state index in [-0.39, 0.29) is 25.0 Å². The second-order valence-electron chi connectivity index (χ2n) is 5.18. The maximum atomic E-state index is 12.1. The molecule has 0 saturated carbocycles. The Balaban J connectivity index is 1.62. The van der Waals surface area contributed by atoms with Crippen LogP contribution in [-0.4, -0.2) is 32.1 Å². The second-order valence-corrected chi connectivity index (χ2v) is 5.61. The van der Waals surface area contributed by atoms with Crippen LogP contribution in [0.25, 0.3) is 0 Å². The first-order valence-corrected chi connectivity index (χ1v) is 7.76. The molecule has 2 N–H and O–H groups in total. The zero-order valence-corrected chi connectivity index (χ0v) is 14.1. The molecule has 0 atom stereocenters. The van der Waals surface area contributed by atoms with E-state index >= 15 is 0 Å². The number of halogens is 1. The van der Waals surface area contributed by atoms with Crippen LogP contribution in [0.15, 0.2) is 36.4 Å². The van der Waals surface area contributed by atoms with Crippen LogP contribution in [0.3, 0.4) is 0 Å². The summed E-state index contributed by atoms with van der Waals surface area (Å²) in [5.74, 6) is 0.859. The molecule has 25 heavy (non-hydrogen) atoms. The number of amides is 2. The van der Waals surface area contributed by atoms with Gasteiger partial charge in [0.2, 0.25) is 0 Å². The zero-order chi connectivity index (χ0) is 17.8. The molecule has 8 heteroatoms. The minimum atomic E-state index is -0.376. The van der Waals surface area contributed by atoms with E-state index in [1.165, 1.54) is 7.11 Å². The van der Waals surface area contributed by atoms with Gasteiger partial charge in [-0.25, -0.2) is 0 Å². The summed E-state index contributed by atoms with van der Waals surface area (Å²) >= 11 is 5.93. The van der Waals surface area contributed by atoms with E-state index in [2.05, 4.69) is 10.6 Å². The molecular formula is C17H15ClN2O5. The largest absolute Gasteiger partial charge is 0.495 e. The van der Waals surface area contributed by atoms with Crippen LogP contribution >= 0.6 is 11.6 Å². The Hall–Kier alpha value is -2.93. The van der Waals surface area contributed by atoms with Crippen LogP contribution in [0.1, 0.15) is 0 Å². The molecule has 0 fully saturated rings. The fraction of sp³-hybridized carbons (Fsp3) is 0.176. The van der Waals surface area contributed by atoms with Gasteiger partial charge in [0.15, 0.2) is 13.2 Å². The van der Waals surface area contributed by atoms with Gasteiger partial charge in [-0.05, 0) is 30.3 Å². The molecule has 1 aliphatic heterocycles. The van der Waals surface area contributed by atoms with E-state index in [0.717, 1.165) is 0 Å². The number of benzene rings is 2. The summed E-state index contributed by atoms with van der Waals surface area (Å²) in [7, 11) is 1.50. The first-order valence-electron chi connectivity index (χ1n) is 7.38. The molecule has 0 saturated heterocycles. The third-order valence-electron chi connectivity index (χ3n) is 3.39. The van der Waals surface area contributed by atoms with Crippen LogP contribution in [0.5, 0.6) is 17.2 Å². The van der Waals surface area contributed by atoms with Gasteiger partial charge in [-0.1, -0.05) is 11.6 Å². The van der Waals surface area contributed by atoms with E-state index in [1.807, 2.05) is 0 Å². The van der Waals surface area contributed by atoms with Gasteiger partial charge >= 0.3 is 0 Å². The van der Waals surface area contributed by atoms with Crippen molar-refractivity contribution in [2.45, 2.75) is 0 Å². The molecule has 2 aromatic rings. The number of anilines is 2. The van der Waals surface area contributed by atoms with Gasteiger partial charge in [-0.3, -0.25) is 9.59 Å². The van der Waals surface area contributed by atoms with Crippen LogP contribution in [0.4, 0.5) is 11.4 Å². The maximum absolute atomic E-state index is 12.1. The van der Waals surface area contributed by atoms with E-state index < -0.39 is 0 Å². The smallest absolute Gasteiger partial charge is 0.262 e. The van der Waals surface area contributed by atoms with Crippen molar-refractivity contribution in [1.82, 2.24) is 0 Å². The predicted molar refractivity (Wildman–Crippen MR) is 92.7 cm³/mol. The monoisotopic (exact) mass is 362 g/mol. The van der Waals surface area contributed by atoms with Crippen LogP contribution in [0.2, 0.25) is 5.02 Å². The van der Waals surface area contributed by atoms with Crippen LogP contribution < -0.4 is 24.8 Å². The molecule has 0 aromatic heterocycles. The Labute approximate surface area is 148 Å². The van der Waals surface area contributed by atoms with Gasteiger partial charge in [0.25, 0.3) is 11.8 Å². The fourth-order valence-corrected chi connectivity index (χ4v) is 2.44. The van der Waals surface area contributed by atoms with Gasteiger partial charge in [0, 0.05) is 11.1 Å². The van der Waals surface area contributed by atoms with Gasteiger partial charge in [-0.2, -0.15) is 0 Å². The molecular weight excluding hydrogens is 348 g/mol. The lowest BCUT2D eigenvalue weighted by Gasteiger charge is -2.18. The van der Waals surface area contributed by atoms with Crippen molar-refractivity contribution in [1.29, 1.82) is 0 Å². The lowest BCUT2D eigenvalue weighted by Crippen LogP contribution is -2.25. The molecule has 0 radical (unpaired) electrons. The Morgan fingerprint density at radius 2 is 2.16 bits per heavy atom. The van der Waals surface area contributed by atoms with E-state index in [9.17, 15) is 9.59 Å². The summed E-state index contributed by atoms with van der Waals surface area (Å²) < 4.78 is 15.9. The topological polar surface area (TPSA) is 85.9 Å². The normalized spacial score (nSPS) is 12.5. The van der Waals surface area contributed by atoms with Gasteiger partial charge in [0.1, 0.15) is 17.2 Å². The highest BCUT2D eigenvalue weighted by atomic mass is 35.5. The van der Waals surface area contributed by atoms with Crippen molar-refractivity contribution in [3.63, 3.8) is 0 Å². The average molecular weight is 363 g/mol. The first-order chi connectivity index (χ1) is 12.0. The molecule has 1 aliphatic rings.